The van der Waals surface area contributed by atoms with Crippen molar-refractivity contribution in [2.45, 2.75) is 58.8 Å². The molecule has 43 heavy (non-hydrogen) atoms. The van der Waals surface area contributed by atoms with E-state index in [1.165, 1.54) is 30.5 Å². The van der Waals surface area contributed by atoms with Crippen LogP contribution in [0.1, 0.15) is 84.2 Å². The summed E-state index contributed by atoms with van der Waals surface area (Å²) in [7, 11) is 0. The van der Waals surface area contributed by atoms with E-state index in [-0.39, 0.29) is 36.9 Å². The Bertz CT molecular complexity index is 1520. The second-order valence-electron chi connectivity index (χ2n) is 12.5. The summed E-state index contributed by atoms with van der Waals surface area (Å²) in [6.45, 7) is 6.77. The van der Waals surface area contributed by atoms with Crippen molar-refractivity contribution < 1.29 is 24.0 Å². The highest BCUT2D eigenvalue weighted by molar-refractivity contribution is 6.21. The van der Waals surface area contributed by atoms with Crippen molar-refractivity contribution in [3.05, 3.63) is 99.1 Å². The normalized spacial score (nSPS) is 18.3. The van der Waals surface area contributed by atoms with Crippen LogP contribution in [0, 0.1) is 21.4 Å². The lowest BCUT2D eigenvalue weighted by atomic mass is 9.68. The zero-order valence-electron chi connectivity index (χ0n) is 24.8. The minimum atomic E-state index is -0.573. The van der Waals surface area contributed by atoms with Crippen LogP contribution in [-0.2, 0) is 11.2 Å². The predicted octanol–water partition coefficient (Wildman–Crippen LogP) is 6.77. The summed E-state index contributed by atoms with van der Waals surface area (Å²) in [6.07, 6.45) is 4.63. The number of fused-ring (bicyclic) bond motifs is 1. The average molecular weight is 584 g/mol. The minimum Gasteiger partial charge on any atom is -0.485 e. The highest BCUT2D eigenvalue weighted by Gasteiger charge is 2.35. The molecule has 9 nitrogen and oxygen atoms in total. The molecule has 224 valence electrons. The second kappa shape index (κ2) is 12.4. The standard InChI is InChI=1S/C34H37N3O6/c1-34(2,3)25-14-12-23(13-15-25)24-7-6-8-26(21-24)35-31(38)20-22-11-16-30(29(19-22)37(41)42)43-18-17-36-32(39)27-9-4-5-10-28(27)33(36)40/h4-11,16,19,21,23,25H,12-15,17-18,20H2,1-3H3,(H,35,38). The molecule has 1 fully saturated rings. The van der Waals surface area contributed by atoms with Gasteiger partial charge in [-0.1, -0.05) is 51.1 Å². The Kier molecular flexibility index (Phi) is 8.62. The Morgan fingerprint density at radius 1 is 0.953 bits per heavy atom. The van der Waals surface area contributed by atoms with E-state index in [1.54, 1.807) is 30.3 Å². The van der Waals surface area contributed by atoms with Crippen LogP contribution in [0.5, 0.6) is 5.75 Å². The molecule has 0 unspecified atom stereocenters. The largest absolute Gasteiger partial charge is 0.485 e. The van der Waals surface area contributed by atoms with E-state index >= 15 is 0 Å². The number of nitro groups is 1. The Hall–Kier alpha value is -4.53. The van der Waals surface area contributed by atoms with Gasteiger partial charge in [0.1, 0.15) is 6.61 Å². The Morgan fingerprint density at radius 2 is 1.63 bits per heavy atom. The molecule has 0 atom stereocenters. The van der Waals surface area contributed by atoms with Gasteiger partial charge in [0.25, 0.3) is 11.8 Å². The van der Waals surface area contributed by atoms with Crippen molar-refractivity contribution in [2.75, 3.05) is 18.5 Å². The number of imide groups is 1. The lowest BCUT2D eigenvalue weighted by molar-refractivity contribution is -0.385. The van der Waals surface area contributed by atoms with Crippen molar-refractivity contribution in [1.29, 1.82) is 0 Å². The van der Waals surface area contributed by atoms with Crippen LogP contribution < -0.4 is 10.1 Å². The highest BCUT2D eigenvalue weighted by atomic mass is 16.6. The molecule has 0 radical (unpaired) electrons. The molecular weight excluding hydrogens is 546 g/mol. The quantitative estimate of drug-likeness (QED) is 0.169. The summed E-state index contributed by atoms with van der Waals surface area (Å²) in [5.41, 5.74) is 3.09. The SMILES string of the molecule is CC(C)(C)C1CCC(c2cccc(NC(=O)Cc3ccc(OCCN4C(=O)c5ccccc5C4=O)c([N+](=O)[O-])c3)c2)CC1. The minimum absolute atomic E-state index is 0.000324. The lowest BCUT2D eigenvalue weighted by Crippen LogP contribution is -2.33. The van der Waals surface area contributed by atoms with E-state index in [2.05, 4.69) is 32.2 Å². The van der Waals surface area contributed by atoms with Gasteiger partial charge in [-0.25, -0.2) is 0 Å². The molecule has 1 aliphatic carbocycles. The number of rotatable bonds is 9. The maximum absolute atomic E-state index is 12.9. The lowest BCUT2D eigenvalue weighted by Gasteiger charge is -2.37. The number of anilines is 1. The first-order chi connectivity index (χ1) is 20.5. The summed E-state index contributed by atoms with van der Waals surface area (Å²) in [6, 6.07) is 18.9. The van der Waals surface area contributed by atoms with Crippen LogP contribution in [0.2, 0.25) is 0 Å². The maximum Gasteiger partial charge on any atom is 0.311 e. The monoisotopic (exact) mass is 583 g/mol. The number of nitrogens with one attached hydrogen (secondary N) is 1. The molecule has 3 aromatic carbocycles. The maximum atomic E-state index is 12.9. The Balaban J connectivity index is 1.17. The third-order valence-corrected chi connectivity index (χ3v) is 8.63. The first kappa shape index (κ1) is 29.9. The third-order valence-electron chi connectivity index (χ3n) is 8.63. The molecule has 1 aliphatic heterocycles. The van der Waals surface area contributed by atoms with E-state index in [0.717, 1.165) is 23.7 Å². The van der Waals surface area contributed by atoms with E-state index in [0.29, 0.717) is 33.7 Å². The zero-order valence-corrected chi connectivity index (χ0v) is 24.8. The van der Waals surface area contributed by atoms with Gasteiger partial charge in [0.2, 0.25) is 5.91 Å². The number of nitro benzene ring substituents is 1. The van der Waals surface area contributed by atoms with E-state index in [9.17, 15) is 24.5 Å². The molecule has 2 aliphatic rings. The highest BCUT2D eigenvalue weighted by Crippen LogP contribution is 2.43. The summed E-state index contributed by atoms with van der Waals surface area (Å²) >= 11 is 0. The number of benzene rings is 3. The molecule has 0 spiro atoms. The first-order valence-electron chi connectivity index (χ1n) is 14.8. The fraction of sp³-hybridized carbons (Fsp3) is 0.382. The van der Waals surface area contributed by atoms with Crippen LogP contribution in [0.15, 0.2) is 66.7 Å². The average Bonchev–Trinajstić information content (AvgIpc) is 3.22. The smallest absolute Gasteiger partial charge is 0.311 e. The number of hydrogen-bond donors (Lipinski definition) is 1. The topological polar surface area (TPSA) is 119 Å². The van der Waals surface area contributed by atoms with Gasteiger partial charge in [-0.05, 0) is 84.4 Å². The number of nitrogens with zero attached hydrogens (tertiary/aromatic N) is 2. The van der Waals surface area contributed by atoms with Crippen LogP contribution in [0.3, 0.4) is 0 Å². The van der Waals surface area contributed by atoms with E-state index < -0.39 is 16.7 Å². The second-order valence-corrected chi connectivity index (χ2v) is 12.5. The van der Waals surface area contributed by atoms with Gasteiger partial charge in [-0.2, -0.15) is 0 Å². The van der Waals surface area contributed by atoms with Gasteiger partial charge in [0, 0.05) is 11.8 Å². The third kappa shape index (κ3) is 6.77. The van der Waals surface area contributed by atoms with E-state index in [1.807, 2.05) is 18.2 Å². The molecule has 1 heterocycles. The molecule has 3 amide bonds. The van der Waals surface area contributed by atoms with E-state index in [4.69, 9.17) is 4.74 Å². The number of ether oxygens (including phenoxy) is 1. The molecule has 0 aromatic heterocycles. The molecule has 1 N–H and O–H groups in total. The molecule has 9 heteroatoms. The molecule has 5 rings (SSSR count). The van der Waals surface area contributed by atoms with Crippen LogP contribution >= 0.6 is 0 Å². The van der Waals surface area contributed by atoms with Gasteiger partial charge < -0.3 is 10.1 Å². The molecule has 0 bridgehead atoms. The fourth-order valence-corrected chi connectivity index (χ4v) is 6.18. The van der Waals surface area contributed by atoms with Crippen molar-refractivity contribution in [3.8, 4) is 5.75 Å². The molecule has 1 saturated carbocycles. The summed E-state index contributed by atoms with van der Waals surface area (Å²) in [5.74, 6) is 0.0883. The Labute approximate surface area is 251 Å². The van der Waals surface area contributed by atoms with Crippen LogP contribution in [-0.4, -0.2) is 40.7 Å². The molecule has 3 aromatic rings. The van der Waals surface area contributed by atoms with Gasteiger partial charge in [0.05, 0.1) is 29.0 Å². The fourth-order valence-electron chi connectivity index (χ4n) is 6.18. The number of carbonyl (C=O) groups is 3. The number of carbonyl (C=O) groups excluding carboxylic acids is 3. The van der Waals surface area contributed by atoms with Gasteiger partial charge >= 0.3 is 5.69 Å². The van der Waals surface area contributed by atoms with Gasteiger partial charge in [0.15, 0.2) is 5.75 Å². The van der Waals surface area contributed by atoms with Crippen LogP contribution in [0.25, 0.3) is 0 Å². The molecule has 0 saturated heterocycles. The number of hydrogen-bond acceptors (Lipinski definition) is 6. The van der Waals surface area contributed by atoms with Crippen LogP contribution in [0.4, 0.5) is 11.4 Å². The summed E-state index contributed by atoms with van der Waals surface area (Å²) < 4.78 is 5.62. The number of amides is 3. The summed E-state index contributed by atoms with van der Waals surface area (Å²) in [4.78, 5) is 50.3. The summed E-state index contributed by atoms with van der Waals surface area (Å²) in [5, 5.41) is 14.7. The van der Waals surface area contributed by atoms with Crippen molar-refractivity contribution in [3.63, 3.8) is 0 Å². The first-order valence-corrected chi connectivity index (χ1v) is 14.8. The Morgan fingerprint density at radius 3 is 2.26 bits per heavy atom. The van der Waals surface area contributed by atoms with Crippen molar-refractivity contribution >= 4 is 29.1 Å². The van der Waals surface area contributed by atoms with Crippen molar-refractivity contribution in [1.82, 2.24) is 4.90 Å². The van der Waals surface area contributed by atoms with Gasteiger partial charge in [-0.3, -0.25) is 29.4 Å². The predicted molar refractivity (Wildman–Crippen MR) is 163 cm³/mol. The van der Waals surface area contributed by atoms with Gasteiger partial charge in [-0.15, -0.1) is 0 Å². The van der Waals surface area contributed by atoms with Crippen molar-refractivity contribution in [2.24, 2.45) is 11.3 Å². The zero-order chi connectivity index (χ0) is 30.7. The molecular formula is C34H37N3O6.